The number of fused-ring (bicyclic) bond motifs is 2. The number of hydrogen-bond acceptors (Lipinski definition) is 6. The number of alkyl halides is 3. The van der Waals surface area contributed by atoms with E-state index in [1.165, 1.54) is 5.56 Å². The van der Waals surface area contributed by atoms with E-state index in [-0.39, 0.29) is 23.2 Å². The maximum absolute atomic E-state index is 14.6. The molecule has 4 bridgehead atoms. The number of nitrogens with one attached hydrogen (secondary N) is 1. The lowest BCUT2D eigenvalue weighted by Gasteiger charge is -2.59. The molecule has 3 heterocycles. The van der Waals surface area contributed by atoms with Crippen LogP contribution in [0.3, 0.4) is 0 Å². The van der Waals surface area contributed by atoms with Gasteiger partial charge in [0, 0.05) is 37.1 Å². The Hall–Kier alpha value is -3.21. The standard InChI is InChI=1S/C32H35F3N4O4/c33-32(34,35)26-23(27(40)38-31(28(41)42)21-10-17-9-18(12-21)13-22(31)11-17)15-36-29(37-26)39-16-30(5-7-43-8-6-30)24-14-20(19-1-2-19)3-4-25(24)39/h3-4,14-15,17-19,21-22H,1-2,5-13,16H2,(H,38,40)(H,41,42). The van der Waals surface area contributed by atoms with Gasteiger partial charge >= 0.3 is 12.1 Å². The number of benzene rings is 1. The van der Waals surface area contributed by atoms with E-state index in [1.807, 2.05) is 12.1 Å². The third-order valence-electron chi connectivity index (χ3n) is 11.5. The Bertz CT molecular complexity index is 1470. The van der Waals surface area contributed by atoms with Crippen LogP contribution in [0.4, 0.5) is 24.8 Å². The summed E-state index contributed by atoms with van der Waals surface area (Å²) in [7, 11) is 0. The number of carboxylic acids is 1. The van der Waals surface area contributed by atoms with Crippen LogP contribution in [-0.4, -0.2) is 52.2 Å². The first-order chi connectivity index (χ1) is 20.6. The molecule has 1 spiro atoms. The zero-order chi connectivity index (χ0) is 29.7. The highest BCUT2D eigenvalue weighted by Gasteiger charge is 2.62. The SMILES string of the molecule is O=C(NC1(C(=O)O)C2CC3CC(C2)CC1C3)c1cnc(N2CC3(CCOCC3)c3cc(C4CC4)ccc32)nc1C(F)(F)F. The molecule has 2 N–H and O–H groups in total. The lowest BCUT2D eigenvalue weighted by atomic mass is 9.48. The van der Waals surface area contributed by atoms with Gasteiger partial charge in [0.25, 0.3) is 5.91 Å². The van der Waals surface area contributed by atoms with E-state index >= 15 is 0 Å². The number of carbonyl (C=O) groups is 2. The summed E-state index contributed by atoms with van der Waals surface area (Å²) in [6.07, 6.45) is 3.53. The molecule has 1 saturated heterocycles. The van der Waals surface area contributed by atoms with E-state index in [0.29, 0.717) is 63.2 Å². The van der Waals surface area contributed by atoms with Crippen LogP contribution < -0.4 is 10.2 Å². The van der Waals surface area contributed by atoms with Crippen LogP contribution in [0.1, 0.15) is 90.9 Å². The van der Waals surface area contributed by atoms with Gasteiger partial charge in [-0.2, -0.15) is 13.2 Å². The Morgan fingerprint density at radius 1 is 1.02 bits per heavy atom. The van der Waals surface area contributed by atoms with Gasteiger partial charge in [0.2, 0.25) is 5.95 Å². The highest BCUT2D eigenvalue weighted by atomic mass is 19.4. The van der Waals surface area contributed by atoms with Crippen LogP contribution in [0, 0.1) is 23.7 Å². The van der Waals surface area contributed by atoms with Crippen molar-refractivity contribution >= 4 is 23.5 Å². The van der Waals surface area contributed by atoms with Crippen molar-refractivity contribution in [1.82, 2.24) is 15.3 Å². The van der Waals surface area contributed by atoms with Crippen molar-refractivity contribution in [2.75, 3.05) is 24.7 Å². The summed E-state index contributed by atoms with van der Waals surface area (Å²) < 4.78 is 49.3. The first kappa shape index (κ1) is 27.3. The molecule has 43 heavy (non-hydrogen) atoms. The normalized spacial score (nSPS) is 32.2. The maximum Gasteiger partial charge on any atom is 0.434 e. The van der Waals surface area contributed by atoms with Gasteiger partial charge in [0.05, 0.1) is 5.56 Å². The van der Waals surface area contributed by atoms with Crippen LogP contribution in [0.25, 0.3) is 0 Å². The zero-order valence-corrected chi connectivity index (χ0v) is 23.8. The van der Waals surface area contributed by atoms with E-state index in [2.05, 4.69) is 21.4 Å². The highest BCUT2D eigenvalue weighted by Crippen LogP contribution is 2.58. The Labute approximate surface area is 247 Å². The number of aromatic nitrogens is 2. The molecule has 11 heteroatoms. The van der Waals surface area contributed by atoms with Gasteiger partial charge in [-0.05, 0) is 105 Å². The third-order valence-corrected chi connectivity index (χ3v) is 11.5. The molecule has 1 amide bonds. The second-order valence-electron chi connectivity index (χ2n) is 13.9. The van der Waals surface area contributed by atoms with Gasteiger partial charge in [-0.15, -0.1) is 0 Å². The van der Waals surface area contributed by atoms with Crippen molar-refractivity contribution in [1.29, 1.82) is 0 Å². The number of carboxylic acid groups (broad SMARTS) is 1. The molecular formula is C32H35F3N4O4. The Morgan fingerprint density at radius 3 is 2.30 bits per heavy atom. The van der Waals surface area contributed by atoms with E-state index in [1.54, 1.807) is 4.90 Å². The molecule has 8 nitrogen and oxygen atoms in total. The predicted molar refractivity (Wildman–Crippen MR) is 149 cm³/mol. The van der Waals surface area contributed by atoms with Crippen LogP contribution in [-0.2, 0) is 21.1 Å². The largest absolute Gasteiger partial charge is 0.479 e. The Kier molecular flexibility index (Phi) is 5.97. The van der Waals surface area contributed by atoms with Crippen LogP contribution in [0.15, 0.2) is 24.4 Å². The first-order valence-electron chi connectivity index (χ1n) is 15.6. The summed E-state index contributed by atoms with van der Waals surface area (Å²) in [6.45, 7) is 1.57. The quantitative estimate of drug-likeness (QED) is 0.464. The molecule has 0 atom stereocenters. The number of anilines is 2. The minimum Gasteiger partial charge on any atom is -0.479 e. The maximum atomic E-state index is 14.6. The zero-order valence-electron chi connectivity index (χ0n) is 23.8. The molecule has 9 rings (SSSR count). The molecule has 7 aliphatic rings. The van der Waals surface area contributed by atoms with Gasteiger partial charge in [-0.3, -0.25) is 4.79 Å². The topological polar surface area (TPSA) is 105 Å². The highest BCUT2D eigenvalue weighted by molar-refractivity contribution is 5.99. The molecular weight excluding hydrogens is 561 g/mol. The van der Waals surface area contributed by atoms with Gasteiger partial charge in [-0.1, -0.05) is 12.1 Å². The van der Waals surface area contributed by atoms with Gasteiger partial charge in [-0.25, -0.2) is 14.8 Å². The molecule has 5 aliphatic carbocycles. The number of amides is 1. The van der Waals surface area contributed by atoms with Crippen LogP contribution in [0.2, 0.25) is 0 Å². The van der Waals surface area contributed by atoms with Crippen molar-refractivity contribution in [3.05, 3.63) is 46.8 Å². The minimum atomic E-state index is -4.94. The van der Waals surface area contributed by atoms with Crippen LogP contribution in [0.5, 0.6) is 0 Å². The molecule has 2 aromatic rings. The fraction of sp³-hybridized carbons (Fsp3) is 0.625. The summed E-state index contributed by atoms with van der Waals surface area (Å²) >= 11 is 0. The minimum absolute atomic E-state index is 0.116. The van der Waals surface area contributed by atoms with Gasteiger partial charge in [0.15, 0.2) is 5.69 Å². The second kappa shape index (κ2) is 9.39. The molecule has 0 unspecified atom stereocenters. The van der Waals surface area contributed by atoms with Crippen molar-refractivity contribution < 1.29 is 32.6 Å². The van der Waals surface area contributed by atoms with E-state index < -0.39 is 34.8 Å². The number of nitrogens with zero attached hydrogens (tertiary/aromatic N) is 3. The average molecular weight is 597 g/mol. The van der Waals surface area contributed by atoms with Crippen molar-refractivity contribution in [2.45, 2.75) is 80.8 Å². The molecule has 1 aromatic carbocycles. The summed E-state index contributed by atoms with van der Waals surface area (Å²) in [4.78, 5) is 36.4. The molecule has 1 aromatic heterocycles. The van der Waals surface area contributed by atoms with E-state index in [4.69, 9.17) is 4.74 Å². The fourth-order valence-corrected chi connectivity index (χ4v) is 9.40. The summed E-state index contributed by atoms with van der Waals surface area (Å²) in [5, 5.41) is 13.0. The van der Waals surface area contributed by atoms with E-state index in [9.17, 15) is 27.9 Å². The first-order valence-corrected chi connectivity index (χ1v) is 15.6. The molecule has 228 valence electrons. The molecule has 6 fully saturated rings. The summed E-state index contributed by atoms with van der Waals surface area (Å²) in [5.74, 6) is -1.58. The molecule has 2 aliphatic heterocycles. The summed E-state index contributed by atoms with van der Waals surface area (Å²) in [5.41, 5.74) is -0.788. The number of ether oxygens (including phenoxy) is 1. The number of carbonyl (C=O) groups excluding carboxylic acids is 1. The van der Waals surface area contributed by atoms with Gasteiger partial charge in [0.1, 0.15) is 5.54 Å². The molecule has 5 saturated carbocycles. The van der Waals surface area contributed by atoms with Gasteiger partial charge < -0.3 is 20.1 Å². The Balaban J connectivity index is 1.15. The van der Waals surface area contributed by atoms with Crippen molar-refractivity contribution in [3.8, 4) is 0 Å². The monoisotopic (exact) mass is 596 g/mol. The number of halogens is 3. The average Bonchev–Trinajstić information content (AvgIpc) is 3.78. The fourth-order valence-electron chi connectivity index (χ4n) is 9.40. The van der Waals surface area contributed by atoms with Crippen molar-refractivity contribution in [3.63, 3.8) is 0 Å². The lowest BCUT2D eigenvalue weighted by Crippen LogP contribution is -2.70. The number of hydrogen-bond donors (Lipinski definition) is 2. The summed E-state index contributed by atoms with van der Waals surface area (Å²) in [6, 6.07) is 6.22. The second-order valence-corrected chi connectivity index (χ2v) is 13.9. The Morgan fingerprint density at radius 2 is 1.70 bits per heavy atom. The van der Waals surface area contributed by atoms with E-state index in [0.717, 1.165) is 49.6 Å². The lowest BCUT2D eigenvalue weighted by molar-refractivity contribution is -0.163. The number of rotatable bonds is 5. The number of aliphatic carboxylic acids is 1. The predicted octanol–water partition coefficient (Wildman–Crippen LogP) is 5.58. The van der Waals surface area contributed by atoms with Crippen molar-refractivity contribution in [2.24, 2.45) is 23.7 Å². The molecule has 0 radical (unpaired) electrons. The third kappa shape index (κ3) is 4.20. The van der Waals surface area contributed by atoms with Crippen LogP contribution >= 0.6 is 0 Å². The smallest absolute Gasteiger partial charge is 0.434 e.